The van der Waals surface area contributed by atoms with Crippen LogP contribution >= 0.6 is 39.1 Å². The highest BCUT2D eigenvalue weighted by atomic mass is 79.9. The molecule has 2 N–H and O–H groups in total. The maximum absolute atomic E-state index is 12.3. The minimum absolute atomic E-state index is 0.202. The van der Waals surface area contributed by atoms with Crippen LogP contribution in [0.15, 0.2) is 58.1 Å². The number of aryl methyl sites for hydroxylation is 2. The number of carbonyl (C=O) groups excluding carboxylic acids is 2. The number of ether oxygens (including phenoxy) is 2. The Hall–Kier alpha value is -3.07. The second kappa shape index (κ2) is 12.8. The molecule has 0 saturated carbocycles. The zero-order chi connectivity index (χ0) is 26.2. The monoisotopic (exact) mass is 591 g/mol. The summed E-state index contributed by atoms with van der Waals surface area (Å²) in [6, 6.07) is 14.2. The Bertz CT molecular complexity index is 1290. The van der Waals surface area contributed by atoms with Gasteiger partial charge in [-0.3, -0.25) is 9.59 Å². The maximum atomic E-state index is 12.3. The fraction of sp³-hybridized carbons (Fsp3) is 0.192. The first kappa shape index (κ1) is 27.5. The summed E-state index contributed by atoms with van der Waals surface area (Å²) in [6.07, 6.45) is 1.40. The molecule has 7 nitrogen and oxygen atoms in total. The first-order valence-electron chi connectivity index (χ1n) is 10.9. The molecule has 0 unspecified atom stereocenters. The number of rotatable bonds is 8. The van der Waals surface area contributed by atoms with E-state index in [1.165, 1.54) is 6.21 Å². The summed E-state index contributed by atoms with van der Waals surface area (Å²) >= 11 is 15.7. The van der Waals surface area contributed by atoms with E-state index in [2.05, 4.69) is 31.8 Å². The fourth-order valence-corrected chi connectivity index (χ4v) is 4.29. The molecule has 0 atom stereocenters. The van der Waals surface area contributed by atoms with E-state index in [1.54, 1.807) is 30.3 Å². The van der Waals surface area contributed by atoms with Gasteiger partial charge in [0.05, 0.1) is 17.3 Å². The molecule has 3 rings (SSSR count). The van der Waals surface area contributed by atoms with E-state index in [0.717, 1.165) is 16.7 Å². The summed E-state index contributed by atoms with van der Waals surface area (Å²) in [6.45, 7) is 6.16. The number of amides is 2. The molecule has 10 heteroatoms. The largest absolute Gasteiger partial charge is 0.490 e. The van der Waals surface area contributed by atoms with Gasteiger partial charge in [0.25, 0.3) is 0 Å². The van der Waals surface area contributed by atoms with Gasteiger partial charge in [-0.1, -0.05) is 47.5 Å². The molecule has 0 spiro atoms. The summed E-state index contributed by atoms with van der Waals surface area (Å²) in [4.78, 5) is 24.5. The first-order valence-corrected chi connectivity index (χ1v) is 12.5. The van der Waals surface area contributed by atoms with E-state index < -0.39 is 11.8 Å². The molecule has 0 radical (unpaired) electrons. The van der Waals surface area contributed by atoms with Crippen LogP contribution in [-0.2, 0) is 16.2 Å². The lowest BCUT2D eigenvalue weighted by Crippen LogP contribution is -2.32. The van der Waals surface area contributed by atoms with Gasteiger partial charge in [-0.2, -0.15) is 5.10 Å². The zero-order valence-corrected chi connectivity index (χ0v) is 22.9. The van der Waals surface area contributed by atoms with Crippen molar-refractivity contribution in [2.45, 2.75) is 27.4 Å². The van der Waals surface area contributed by atoms with Gasteiger partial charge >= 0.3 is 11.8 Å². The van der Waals surface area contributed by atoms with Crippen molar-refractivity contribution in [1.82, 2.24) is 5.43 Å². The van der Waals surface area contributed by atoms with E-state index in [0.29, 0.717) is 43.9 Å². The number of nitrogens with one attached hydrogen (secondary N) is 2. The summed E-state index contributed by atoms with van der Waals surface area (Å²) in [5, 5.41) is 7.56. The maximum Gasteiger partial charge on any atom is 0.329 e. The van der Waals surface area contributed by atoms with Crippen LogP contribution in [0.25, 0.3) is 0 Å². The third-order valence-corrected chi connectivity index (χ3v) is 6.20. The third kappa shape index (κ3) is 7.22. The van der Waals surface area contributed by atoms with Gasteiger partial charge < -0.3 is 14.8 Å². The normalized spacial score (nSPS) is 10.8. The molecule has 0 heterocycles. The van der Waals surface area contributed by atoms with Gasteiger partial charge in [-0.15, -0.1) is 0 Å². The molecule has 0 aliphatic heterocycles. The fourth-order valence-electron chi connectivity index (χ4n) is 3.25. The second-order valence-electron chi connectivity index (χ2n) is 7.71. The third-order valence-electron chi connectivity index (χ3n) is 5.02. The molecule has 3 aromatic rings. The van der Waals surface area contributed by atoms with Crippen LogP contribution < -0.4 is 20.2 Å². The Morgan fingerprint density at radius 1 is 1.03 bits per heavy atom. The Labute approximate surface area is 227 Å². The number of para-hydroxylation sites is 1. The predicted molar refractivity (Wildman–Crippen MR) is 146 cm³/mol. The number of carbonyl (C=O) groups is 2. The van der Waals surface area contributed by atoms with Crippen LogP contribution in [-0.4, -0.2) is 24.6 Å². The highest BCUT2D eigenvalue weighted by molar-refractivity contribution is 9.10. The highest BCUT2D eigenvalue weighted by Crippen LogP contribution is 2.37. The lowest BCUT2D eigenvalue weighted by molar-refractivity contribution is -0.136. The van der Waals surface area contributed by atoms with Gasteiger partial charge in [0.2, 0.25) is 0 Å². The Morgan fingerprint density at radius 2 is 1.75 bits per heavy atom. The predicted octanol–water partition coefficient (Wildman–Crippen LogP) is 6.44. The summed E-state index contributed by atoms with van der Waals surface area (Å²) < 4.78 is 12.3. The molecule has 188 valence electrons. The molecule has 0 fully saturated rings. The van der Waals surface area contributed by atoms with E-state index in [4.69, 9.17) is 32.7 Å². The Balaban J connectivity index is 1.68. The lowest BCUT2D eigenvalue weighted by Gasteiger charge is -2.15. The minimum Gasteiger partial charge on any atom is -0.490 e. The van der Waals surface area contributed by atoms with Crippen molar-refractivity contribution in [3.8, 4) is 11.5 Å². The first-order chi connectivity index (χ1) is 17.2. The number of anilines is 1. The van der Waals surface area contributed by atoms with Crippen molar-refractivity contribution in [2.24, 2.45) is 5.10 Å². The van der Waals surface area contributed by atoms with Crippen molar-refractivity contribution in [1.29, 1.82) is 0 Å². The van der Waals surface area contributed by atoms with Crippen molar-refractivity contribution in [2.75, 3.05) is 11.9 Å². The van der Waals surface area contributed by atoms with E-state index in [1.807, 2.05) is 39.0 Å². The van der Waals surface area contributed by atoms with Crippen molar-refractivity contribution >= 4 is 62.8 Å². The molecule has 2 amide bonds. The number of benzene rings is 3. The minimum atomic E-state index is -0.891. The van der Waals surface area contributed by atoms with Crippen molar-refractivity contribution < 1.29 is 19.1 Å². The topological polar surface area (TPSA) is 89.0 Å². The standard InChI is InChI=1S/C26H24BrCl2N3O4/c1-4-35-22-11-17(10-20(27)24(22)36-14-18-8-9-19(28)12-21(18)29)13-30-32-26(34)25(33)31-23-15(2)6-5-7-16(23)3/h5-13H,4,14H2,1-3H3,(H,31,33)(H,32,34). The van der Waals surface area contributed by atoms with Crippen LogP contribution in [0.4, 0.5) is 5.69 Å². The number of nitrogens with zero attached hydrogens (tertiary/aromatic N) is 1. The van der Waals surface area contributed by atoms with Crippen LogP contribution in [0.1, 0.15) is 29.2 Å². The van der Waals surface area contributed by atoms with Gasteiger partial charge in [-0.25, -0.2) is 5.43 Å². The van der Waals surface area contributed by atoms with Crippen LogP contribution in [0, 0.1) is 13.8 Å². The number of hydrogen-bond acceptors (Lipinski definition) is 5. The van der Waals surface area contributed by atoms with Crippen LogP contribution in [0.3, 0.4) is 0 Å². The molecule has 0 aromatic heterocycles. The van der Waals surface area contributed by atoms with Crippen molar-refractivity contribution in [3.05, 3.63) is 85.3 Å². The molecule has 0 saturated heterocycles. The SMILES string of the molecule is CCOc1cc(C=NNC(=O)C(=O)Nc2c(C)cccc2C)cc(Br)c1OCc1ccc(Cl)cc1Cl. The second-order valence-corrected chi connectivity index (χ2v) is 9.41. The number of hydrazone groups is 1. The van der Waals surface area contributed by atoms with E-state index in [-0.39, 0.29) is 6.61 Å². The van der Waals surface area contributed by atoms with Crippen molar-refractivity contribution in [3.63, 3.8) is 0 Å². The average molecular weight is 593 g/mol. The molecule has 3 aromatic carbocycles. The van der Waals surface area contributed by atoms with Crippen LogP contribution in [0.2, 0.25) is 10.0 Å². The number of halogens is 3. The van der Waals surface area contributed by atoms with Gasteiger partial charge in [0.1, 0.15) is 6.61 Å². The Kier molecular flexibility index (Phi) is 9.75. The zero-order valence-electron chi connectivity index (χ0n) is 19.8. The summed E-state index contributed by atoms with van der Waals surface area (Å²) in [7, 11) is 0. The van der Waals surface area contributed by atoms with Crippen LogP contribution in [0.5, 0.6) is 11.5 Å². The lowest BCUT2D eigenvalue weighted by atomic mass is 10.1. The summed E-state index contributed by atoms with van der Waals surface area (Å²) in [5.74, 6) is -0.752. The van der Waals surface area contributed by atoms with Gasteiger partial charge in [-0.05, 0) is 77.7 Å². The molecular weight excluding hydrogens is 569 g/mol. The quantitative estimate of drug-likeness (QED) is 0.179. The molecule has 0 aliphatic rings. The molecular formula is C26H24BrCl2N3O4. The Morgan fingerprint density at radius 3 is 2.42 bits per heavy atom. The smallest absolute Gasteiger partial charge is 0.329 e. The molecule has 0 aliphatic carbocycles. The van der Waals surface area contributed by atoms with Gasteiger partial charge in [0.15, 0.2) is 11.5 Å². The molecule has 36 heavy (non-hydrogen) atoms. The molecule has 0 bridgehead atoms. The van der Waals surface area contributed by atoms with Gasteiger partial charge in [0, 0.05) is 21.3 Å². The summed E-state index contributed by atoms with van der Waals surface area (Å²) in [5.41, 5.74) is 5.92. The number of hydrogen-bond donors (Lipinski definition) is 2. The van der Waals surface area contributed by atoms with E-state index in [9.17, 15) is 9.59 Å². The highest BCUT2D eigenvalue weighted by Gasteiger charge is 2.16. The average Bonchev–Trinajstić information content (AvgIpc) is 2.82. The van der Waals surface area contributed by atoms with E-state index >= 15 is 0 Å².